The van der Waals surface area contributed by atoms with Gasteiger partial charge in [0.25, 0.3) is 0 Å². The molecule has 0 fully saturated rings. The minimum Gasteiger partial charge on any atom is -0.467 e. The number of carbonyl (C=O) groups is 1. The average Bonchev–Trinajstić information content (AvgIpc) is 3.22. The Bertz CT molecular complexity index is 867. The van der Waals surface area contributed by atoms with Crippen molar-refractivity contribution < 1.29 is 9.21 Å². The number of carbonyl (C=O) groups excluding carboxylic acids is 1. The summed E-state index contributed by atoms with van der Waals surface area (Å²) in [7, 11) is 0. The van der Waals surface area contributed by atoms with Gasteiger partial charge in [-0.15, -0.1) is 0 Å². The third-order valence-electron chi connectivity index (χ3n) is 4.21. The van der Waals surface area contributed by atoms with E-state index in [4.69, 9.17) is 4.42 Å². The zero-order chi connectivity index (χ0) is 18.7. The number of hydrogen-bond acceptors (Lipinski definition) is 3. The van der Waals surface area contributed by atoms with Crippen LogP contribution in [0, 0.1) is 12.8 Å². The first-order valence-corrected chi connectivity index (χ1v) is 8.96. The standard InChI is InChI=1S/C20H26N4O2/c1-13(2)11-24(12-16-6-5-9-26-16)20(25)21-15(4)19-22-17-8-7-14(3)10-18(17)23-19/h5-10,13,15H,11-12H2,1-4H3,(H,21,25)(H,22,23)/t15-/m1/s1. The van der Waals surface area contributed by atoms with E-state index in [2.05, 4.69) is 35.2 Å². The zero-order valence-electron chi connectivity index (χ0n) is 15.7. The lowest BCUT2D eigenvalue weighted by atomic mass is 10.2. The molecule has 0 saturated heterocycles. The van der Waals surface area contributed by atoms with Crippen LogP contribution in [0.15, 0.2) is 41.0 Å². The van der Waals surface area contributed by atoms with Gasteiger partial charge in [0.05, 0.1) is 29.9 Å². The minimum absolute atomic E-state index is 0.126. The Labute approximate surface area is 153 Å². The van der Waals surface area contributed by atoms with Gasteiger partial charge >= 0.3 is 6.03 Å². The van der Waals surface area contributed by atoms with E-state index in [0.717, 1.165) is 22.6 Å². The van der Waals surface area contributed by atoms with Crippen molar-refractivity contribution in [3.8, 4) is 0 Å². The van der Waals surface area contributed by atoms with Gasteiger partial charge in [0, 0.05) is 6.54 Å². The van der Waals surface area contributed by atoms with Crippen LogP contribution in [-0.4, -0.2) is 27.4 Å². The molecule has 0 aliphatic rings. The number of urea groups is 1. The van der Waals surface area contributed by atoms with Crippen LogP contribution in [0.3, 0.4) is 0 Å². The molecular weight excluding hydrogens is 328 g/mol. The summed E-state index contributed by atoms with van der Waals surface area (Å²) in [5, 5.41) is 3.04. The van der Waals surface area contributed by atoms with Gasteiger partial charge in [-0.25, -0.2) is 9.78 Å². The summed E-state index contributed by atoms with van der Waals surface area (Å²) in [5.74, 6) is 1.88. The first-order valence-electron chi connectivity index (χ1n) is 8.96. The fourth-order valence-electron chi connectivity index (χ4n) is 2.94. The Morgan fingerprint density at radius 2 is 2.12 bits per heavy atom. The van der Waals surface area contributed by atoms with Gasteiger partial charge in [0.2, 0.25) is 0 Å². The van der Waals surface area contributed by atoms with E-state index < -0.39 is 0 Å². The lowest BCUT2D eigenvalue weighted by Crippen LogP contribution is -2.42. The topological polar surface area (TPSA) is 74.2 Å². The molecule has 1 aromatic carbocycles. The monoisotopic (exact) mass is 354 g/mol. The Kier molecular flexibility index (Phi) is 5.30. The van der Waals surface area contributed by atoms with Crippen LogP contribution < -0.4 is 5.32 Å². The molecule has 0 aliphatic carbocycles. The number of nitrogens with one attached hydrogen (secondary N) is 2. The molecule has 6 heteroatoms. The summed E-state index contributed by atoms with van der Waals surface area (Å²) in [5.41, 5.74) is 3.06. The second-order valence-corrected chi connectivity index (χ2v) is 7.17. The second-order valence-electron chi connectivity index (χ2n) is 7.17. The molecule has 2 aromatic heterocycles. The van der Waals surface area contributed by atoms with Crippen LogP contribution in [-0.2, 0) is 6.54 Å². The fraction of sp³-hybridized carbons (Fsp3) is 0.400. The molecule has 3 aromatic rings. The van der Waals surface area contributed by atoms with Gasteiger partial charge in [-0.3, -0.25) is 0 Å². The number of imidazole rings is 1. The van der Waals surface area contributed by atoms with Crippen LogP contribution in [0.1, 0.15) is 44.0 Å². The lowest BCUT2D eigenvalue weighted by Gasteiger charge is -2.25. The van der Waals surface area contributed by atoms with Crippen molar-refractivity contribution in [1.29, 1.82) is 0 Å². The number of hydrogen-bond donors (Lipinski definition) is 2. The summed E-state index contributed by atoms with van der Waals surface area (Å²) >= 11 is 0. The first kappa shape index (κ1) is 18.0. The first-order chi connectivity index (χ1) is 12.4. The molecule has 0 radical (unpaired) electrons. The molecule has 1 atom stereocenters. The molecule has 2 amide bonds. The molecule has 26 heavy (non-hydrogen) atoms. The summed E-state index contributed by atoms with van der Waals surface area (Å²) in [6.45, 7) is 9.26. The molecule has 0 spiro atoms. The molecule has 0 saturated carbocycles. The van der Waals surface area contributed by atoms with Crippen molar-refractivity contribution in [2.24, 2.45) is 5.92 Å². The van der Waals surface area contributed by atoms with Crippen molar-refractivity contribution >= 4 is 17.1 Å². The molecular formula is C20H26N4O2. The number of amides is 2. The van der Waals surface area contributed by atoms with Gasteiger partial charge in [-0.05, 0) is 49.6 Å². The van der Waals surface area contributed by atoms with Crippen molar-refractivity contribution in [3.63, 3.8) is 0 Å². The highest BCUT2D eigenvalue weighted by atomic mass is 16.3. The van der Waals surface area contributed by atoms with Gasteiger partial charge in [-0.2, -0.15) is 0 Å². The van der Waals surface area contributed by atoms with Crippen LogP contribution in [0.25, 0.3) is 11.0 Å². The van der Waals surface area contributed by atoms with E-state index in [9.17, 15) is 4.79 Å². The normalized spacial score (nSPS) is 12.5. The van der Waals surface area contributed by atoms with Crippen molar-refractivity contribution in [2.45, 2.75) is 40.3 Å². The predicted molar refractivity (Wildman–Crippen MR) is 102 cm³/mol. The zero-order valence-corrected chi connectivity index (χ0v) is 15.7. The number of rotatable bonds is 6. The van der Waals surface area contributed by atoms with E-state index in [0.29, 0.717) is 19.0 Å². The summed E-state index contributed by atoms with van der Waals surface area (Å²) in [6.07, 6.45) is 1.62. The molecule has 0 aliphatic heterocycles. The number of fused-ring (bicyclic) bond motifs is 1. The summed E-state index contributed by atoms with van der Waals surface area (Å²) < 4.78 is 5.40. The van der Waals surface area contributed by atoms with E-state index in [1.807, 2.05) is 38.1 Å². The van der Waals surface area contributed by atoms with Gasteiger partial charge in [-0.1, -0.05) is 19.9 Å². The molecule has 6 nitrogen and oxygen atoms in total. The number of aryl methyl sites for hydroxylation is 1. The highest BCUT2D eigenvalue weighted by Gasteiger charge is 2.20. The van der Waals surface area contributed by atoms with Gasteiger partial charge in [0.15, 0.2) is 0 Å². The maximum atomic E-state index is 12.8. The van der Waals surface area contributed by atoms with Crippen LogP contribution >= 0.6 is 0 Å². The summed E-state index contributed by atoms with van der Waals surface area (Å²) in [6, 6.07) is 9.44. The number of H-pyrrole nitrogens is 1. The van der Waals surface area contributed by atoms with Crippen LogP contribution in [0.5, 0.6) is 0 Å². The quantitative estimate of drug-likeness (QED) is 0.689. The molecule has 0 unspecified atom stereocenters. The SMILES string of the molecule is Cc1ccc2nc([C@@H](C)NC(=O)N(Cc3ccco3)CC(C)C)[nH]c2c1. The number of aromatic amines is 1. The van der Waals surface area contributed by atoms with E-state index in [1.165, 1.54) is 5.56 Å². The third-order valence-corrected chi connectivity index (χ3v) is 4.21. The van der Waals surface area contributed by atoms with E-state index in [-0.39, 0.29) is 12.1 Å². The van der Waals surface area contributed by atoms with E-state index in [1.54, 1.807) is 11.2 Å². The van der Waals surface area contributed by atoms with Crippen molar-refractivity contribution in [2.75, 3.05) is 6.54 Å². The van der Waals surface area contributed by atoms with E-state index >= 15 is 0 Å². The molecule has 2 heterocycles. The van der Waals surface area contributed by atoms with Crippen molar-refractivity contribution in [1.82, 2.24) is 20.2 Å². The van der Waals surface area contributed by atoms with Gasteiger partial charge in [0.1, 0.15) is 11.6 Å². The lowest BCUT2D eigenvalue weighted by molar-refractivity contribution is 0.179. The number of aromatic nitrogens is 2. The Morgan fingerprint density at radius 1 is 1.31 bits per heavy atom. The highest BCUT2D eigenvalue weighted by Crippen LogP contribution is 2.18. The molecule has 3 rings (SSSR count). The predicted octanol–water partition coefficient (Wildman–Crippen LogP) is 4.39. The Morgan fingerprint density at radius 3 is 2.81 bits per heavy atom. The number of nitrogens with zero attached hydrogens (tertiary/aromatic N) is 2. The highest BCUT2D eigenvalue weighted by molar-refractivity contribution is 5.77. The van der Waals surface area contributed by atoms with Gasteiger partial charge < -0.3 is 19.6 Å². The molecule has 138 valence electrons. The second kappa shape index (κ2) is 7.64. The molecule has 0 bridgehead atoms. The smallest absolute Gasteiger partial charge is 0.318 e. The summed E-state index contributed by atoms with van der Waals surface area (Å²) in [4.78, 5) is 22.5. The van der Waals surface area contributed by atoms with Crippen molar-refractivity contribution in [3.05, 3.63) is 53.7 Å². The van der Waals surface area contributed by atoms with Crippen LogP contribution in [0.2, 0.25) is 0 Å². The van der Waals surface area contributed by atoms with Crippen LogP contribution in [0.4, 0.5) is 4.79 Å². The maximum Gasteiger partial charge on any atom is 0.318 e. The maximum absolute atomic E-state index is 12.8. The largest absolute Gasteiger partial charge is 0.467 e. The molecule has 2 N–H and O–H groups in total. The Hall–Kier alpha value is -2.76. The fourth-order valence-corrected chi connectivity index (χ4v) is 2.94. The minimum atomic E-state index is -0.221. The number of furan rings is 1. The number of benzene rings is 1. The average molecular weight is 354 g/mol. The third kappa shape index (κ3) is 4.25. The Balaban J connectivity index is 1.72.